The number of methoxy groups -OCH3 is 1. The summed E-state index contributed by atoms with van der Waals surface area (Å²) in [4.78, 5) is 41.9. The molecule has 3 aliphatic heterocycles. The average Bonchev–Trinajstić information content (AvgIpc) is 3.43. The largest absolute Gasteiger partial charge is 0.497 e. The second kappa shape index (κ2) is 8.95. The van der Waals surface area contributed by atoms with Crippen LogP contribution >= 0.6 is 0 Å². The first-order valence-corrected chi connectivity index (χ1v) is 11.7. The molecule has 0 aliphatic carbocycles. The van der Waals surface area contributed by atoms with Crippen molar-refractivity contribution in [1.82, 2.24) is 10.2 Å². The van der Waals surface area contributed by atoms with E-state index in [0.29, 0.717) is 50.1 Å². The van der Waals surface area contributed by atoms with Crippen molar-refractivity contribution in [2.45, 2.75) is 56.3 Å². The predicted molar refractivity (Wildman–Crippen MR) is 121 cm³/mol. The minimum atomic E-state index is -1.04. The van der Waals surface area contributed by atoms with E-state index in [-0.39, 0.29) is 24.3 Å². The van der Waals surface area contributed by atoms with Crippen molar-refractivity contribution < 1.29 is 29.0 Å². The topological polar surface area (TPSA) is 117 Å². The Bertz CT molecular complexity index is 921. The van der Waals surface area contributed by atoms with Crippen LogP contribution in [0.15, 0.2) is 24.3 Å². The van der Waals surface area contributed by atoms with Gasteiger partial charge in [0.25, 0.3) is 0 Å². The minimum Gasteiger partial charge on any atom is -0.497 e. The molecule has 3 N–H and O–H groups in total. The number of anilines is 1. The van der Waals surface area contributed by atoms with E-state index < -0.39 is 29.1 Å². The lowest BCUT2D eigenvalue weighted by molar-refractivity contribution is -0.145. The van der Waals surface area contributed by atoms with Gasteiger partial charge in [0, 0.05) is 25.9 Å². The first-order valence-electron chi connectivity index (χ1n) is 11.7. The monoisotopic (exact) mass is 459 g/mol. The molecule has 4 rings (SSSR count). The summed E-state index contributed by atoms with van der Waals surface area (Å²) >= 11 is 0. The van der Waals surface area contributed by atoms with Crippen LogP contribution < -0.4 is 15.4 Å². The van der Waals surface area contributed by atoms with Gasteiger partial charge in [0.2, 0.25) is 17.7 Å². The van der Waals surface area contributed by atoms with Crippen LogP contribution in [-0.4, -0.2) is 72.3 Å². The number of benzene rings is 1. The van der Waals surface area contributed by atoms with E-state index in [2.05, 4.69) is 10.6 Å². The molecule has 1 aromatic rings. The summed E-state index contributed by atoms with van der Waals surface area (Å²) in [5.74, 6) is -1.43. The maximum absolute atomic E-state index is 13.7. The Morgan fingerprint density at radius 1 is 1.21 bits per heavy atom. The third-order valence-corrected chi connectivity index (χ3v) is 7.62. The Labute approximate surface area is 193 Å². The molecule has 9 nitrogen and oxygen atoms in total. The van der Waals surface area contributed by atoms with Crippen molar-refractivity contribution in [2.75, 3.05) is 32.6 Å². The van der Waals surface area contributed by atoms with E-state index >= 15 is 0 Å². The lowest BCUT2D eigenvalue weighted by Crippen LogP contribution is -2.53. The van der Waals surface area contributed by atoms with Crippen LogP contribution in [0.25, 0.3) is 0 Å². The number of ether oxygens (including phenoxy) is 2. The van der Waals surface area contributed by atoms with Crippen molar-refractivity contribution in [3.05, 3.63) is 24.3 Å². The highest BCUT2D eigenvalue weighted by Crippen LogP contribution is 2.64. The fourth-order valence-electron chi connectivity index (χ4n) is 6.09. The van der Waals surface area contributed by atoms with Crippen LogP contribution in [0.4, 0.5) is 5.69 Å². The lowest BCUT2D eigenvalue weighted by atomic mass is 9.65. The molecule has 3 amide bonds. The fraction of sp³-hybridized carbons (Fsp3) is 0.625. The van der Waals surface area contributed by atoms with Gasteiger partial charge in [-0.2, -0.15) is 0 Å². The number of likely N-dealkylation sites (tertiary alicyclic amines) is 1. The van der Waals surface area contributed by atoms with E-state index in [1.165, 1.54) is 0 Å². The van der Waals surface area contributed by atoms with E-state index in [0.717, 1.165) is 0 Å². The number of aliphatic hydroxyl groups excluding tert-OH is 1. The first kappa shape index (κ1) is 23.5. The third kappa shape index (κ3) is 3.58. The highest BCUT2D eigenvalue weighted by Gasteiger charge is 2.78. The Morgan fingerprint density at radius 3 is 2.55 bits per heavy atom. The minimum absolute atomic E-state index is 0.00955. The first-order chi connectivity index (χ1) is 15.9. The van der Waals surface area contributed by atoms with Crippen LogP contribution in [0.3, 0.4) is 0 Å². The summed E-state index contributed by atoms with van der Waals surface area (Å²) in [6, 6.07) is 6.14. The van der Waals surface area contributed by atoms with Gasteiger partial charge in [-0.05, 0) is 56.4 Å². The number of nitrogens with zero attached hydrogens (tertiary/aromatic N) is 1. The number of fused-ring (bicyclic) bond motifs is 1. The second-order valence-corrected chi connectivity index (χ2v) is 9.13. The molecular formula is C24H33N3O6. The van der Waals surface area contributed by atoms with E-state index in [1.54, 1.807) is 43.3 Å². The number of hydrogen-bond donors (Lipinski definition) is 3. The number of hydrogen-bond acceptors (Lipinski definition) is 6. The second-order valence-electron chi connectivity index (χ2n) is 9.13. The highest BCUT2D eigenvalue weighted by molar-refractivity contribution is 6.03. The summed E-state index contributed by atoms with van der Waals surface area (Å²) in [5.41, 5.74) is -1.19. The van der Waals surface area contributed by atoms with Crippen LogP contribution in [0.2, 0.25) is 0 Å². The van der Waals surface area contributed by atoms with Crippen molar-refractivity contribution in [3.63, 3.8) is 0 Å². The molecule has 0 radical (unpaired) electrons. The van der Waals surface area contributed by atoms with Gasteiger partial charge in [-0.15, -0.1) is 0 Å². The van der Waals surface area contributed by atoms with Crippen LogP contribution in [0.1, 0.15) is 39.0 Å². The Balaban J connectivity index is 1.70. The molecule has 5 atom stereocenters. The van der Waals surface area contributed by atoms with Crippen molar-refractivity contribution in [3.8, 4) is 5.75 Å². The van der Waals surface area contributed by atoms with Gasteiger partial charge in [0.1, 0.15) is 17.4 Å². The molecule has 180 valence electrons. The van der Waals surface area contributed by atoms with Crippen molar-refractivity contribution in [2.24, 2.45) is 11.8 Å². The predicted octanol–water partition coefficient (Wildman–Crippen LogP) is 1.31. The van der Waals surface area contributed by atoms with E-state index in [9.17, 15) is 19.5 Å². The Hall–Kier alpha value is -2.65. The van der Waals surface area contributed by atoms with Gasteiger partial charge in [-0.25, -0.2) is 0 Å². The average molecular weight is 460 g/mol. The van der Waals surface area contributed by atoms with Crippen LogP contribution in [0.5, 0.6) is 5.75 Å². The zero-order valence-electron chi connectivity index (χ0n) is 19.4. The number of rotatable bonds is 9. The summed E-state index contributed by atoms with van der Waals surface area (Å²) < 4.78 is 11.8. The third-order valence-electron chi connectivity index (χ3n) is 7.62. The van der Waals surface area contributed by atoms with E-state index in [1.807, 2.05) is 6.92 Å². The van der Waals surface area contributed by atoms with Gasteiger partial charge in [-0.1, -0.05) is 6.92 Å². The molecule has 0 aromatic heterocycles. The molecule has 0 saturated carbocycles. The molecule has 9 heteroatoms. The fourth-order valence-corrected chi connectivity index (χ4v) is 6.09. The summed E-state index contributed by atoms with van der Waals surface area (Å²) in [7, 11) is 3.14. The molecule has 2 bridgehead atoms. The standard InChI is InChI=1S/C24H33N3O6/c1-4-23-11-12-24(33-23)18(17(23)20(29)25-2)22(31)27(13-5-6-14-28)19(24)21(30)26-15-7-9-16(32-3)10-8-15/h7-10,17-19,28H,4-6,11-14H2,1-3H3,(H,25,29)(H,26,30)/t17-,18-,19?,23+,24?/m0/s1. The number of amides is 3. The SMILES string of the molecule is CC[C@]12CCC3(O1)C(C(=O)Nc1ccc(OC)cc1)N(CCCCO)C(=O)[C@@H]3[C@H]2C(=O)NC. The van der Waals surface area contributed by atoms with E-state index in [4.69, 9.17) is 9.47 Å². The zero-order chi connectivity index (χ0) is 23.8. The number of unbranched alkanes of at least 4 members (excludes halogenated alkanes) is 1. The molecule has 3 fully saturated rings. The number of carbonyl (C=O) groups is 3. The summed E-state index contributed by atoms with van der Waals surface area (Å²) in [6.45, 7) is 2.29. The maximum atomic E-state index is 13.7. The molecule has 3 heterocycles. The molecule has 3 saturated heterocycles. The van der Waals surface area contributed by atoms with Gasteiger partial charge >= 0.3 is 0 Å². The number of aliphatic hydroxyl groups is 1. The summed E-state index contributed by atoms with van der Waals surface area (Å²) in [6.07, 6.45) is 2.84. The lowest BCUT2D eigenvalue weighted by Gasteiger charge is -2.33. The molecule has 3 aliphatic rings. The van der Waals surface area contributed by atoms with Crippen molar-refractivity contribution >= 4 is 23.4 Å². The Kier molecular flexibility index (Phi) is 6.37. The van der Waals surface area contributed by atoms with Crippen molar-refractivity contribution in [1.29, 1.82) is 0 Å². The van der Waals surface area contributed by atoms with Gasteiger partial charge < -0.3 is 30.1 Å². The quantitative estimate of drug-likeness (QED) is 0.480. The zero-order valence-corrected chi connectivity index (χ0v) is 19.4. The highest BCUT2D eigenvalue weighted by atomic mass is 16.5. The molecule has 33 heavy (non-hydrogen) atoms. The van der Waals surface area contributed by atoms with Gasteiger partial charge in [0.15, 0.2) is 0 Å². The molecule has 1 aromatic carbocycles. The maximum Gasteiger partial charge on any atom is 0.250 e. The van der Waals surface area contributed by atoms with Crippen LogP contribution in [0, 0.1) is 11.8 Å². The van der Waals surface area contributed by atoms with Crippen LogP contribution in [-0.2, 0) is 19.1 Å². The smallest absolute Gasteiger partial charge is 0.250 e. The number of nitrogens with one attached hydrogen (secondary N) is 2. The molecule has 2 unspecified atom stereocenters. The summed E-state index contributed by atoms with van der Waals surface area (Å²) in [5, 5.41) is 14.9. The normalized spacial score (nSPS) is 32.1. The molecular weight excluding hydrogens is 426 g/mol. The Morgan fingerprint density at radius 2 is 1.94 bits per heavy atom. The number of carbonyl (C=O) groups excluding carboxylic acids is 3. The van der Waals surface area contributed by atoms with Gasteiger partial charge in [0.05, 0.1) is 24.5 Å². The van der Waals surface area contributed by atoms with Gasteiger partial charge in [-0.3, -0.25) is 14.4 Å². The molecule has 1 spiro atoms.